The van der Waals surface area contributed by atoms with E-state index in [9.17, 15) is 9.59 Å². The summed E-state index contributed by atoms with van der Waals surface area (Å²) >= 11 is 0. The quantitative estimate of drug-likeness (QED) is 0.539. The minimum absolute atomic E-state index is 0.0840. The third-order valence-electron chi connectivity index (χ3n) is 5.66. The van der Waals surface area contributed by atoms with Crippen LogP contribution in [0.15, 0.2) is 72.4 Å². The Bertz CT molecular complexity index is 1300. The Kier molecular flexibility index (Phi) is 5.55. The van der Waals surface area contributed by atoms with Gasteiger partial charge in [0.15, 0.2) is 23.0 Å². The van der Waals surface area contributed by atoms with E-state index in [1.54, 1.807) is 43.5 Å². The van der Waals surface area contributed by atoms with Crippen molar-refractivity contribution in [3.05, 3.63) is 83.6 Å². The van der Waals surface area contributed by atoms with Gasteiger partial charge in [-0.25, -0.2) is 0 Å². The number of carbonyl (C=O) groups excluding carboxylic acids is 2. The van der Waals surface area contributed by atoms with E-state index in [0.717, 1.165) is 5.56 Å². The van der Waals surface area contributed by atoms with Crippen molar-refractivity contribution in [2.45, 2.75) is 6.54 Å². The number of hydrogen-bond donors (Lipinski definition) is 1. The van der Waals surface area contributed by atoms with Gasteiger partial charge in [-0.3, -0.25) is 14.5 Å². The van der Waals surface area contributed by atoms with E-state index in [2.05, 4.69) is 5.32 Å². The summed E-state index contributed by atoms with van der Waals surface area (Å²) in [5.74, 6) is 1.50. The number of amides is 2. The fourth-order valence-corrected chi connectivity index (χ4v) is 3.99. The lowest BCUT2D eigenvalue weighted by Gasteiger charge is -2.17. The zero-order valence-corrected chi connectivity index (χ0v) is 18.7. The van der Waals surface area contributed by atoms with Gasteiger partial charge in [-0.1, -0.05) is 36.4 Å². The number of ether oxygens (including phenoxy) is 4. The summed E-state index contributed by atoms with van der Waals surface area (Å²) < 4.78 is 21.4. The van der Waals surface area contributed by atoms with Gasteiger partial charge in [0.2, 0.25) is 6.79 Å². The second-order valence-corrected chi connectivity index (χ2v) is 7.69. The molecule has 0 radical (unpaired) electrons. The Labute approximate surface area is 196 Å². The van der Waals surface area contributed by atoms with Gasteiger partial charge in [-0.05, 0) is 35.4 Å². The fourth-order valence-electron chi connectivity index (χ4n) is 3.99. The second-order valence-electron chi connectivity index (χ2n) is 7.69. The van der Waals surface area contributed by atoms with E-state index in [1.807, 2.05) is 30.3 Å². The van der Waals surface area contributed by atoms with Crippen molar-refractivity contribution in [1.82, 2.24) is 4.90 Å². The Morgan fingerprint density at radius 1 is 0.853 bits per heavy atom. The number of methoxy groups -OCH3 is 2. The minimum atomic E-state index is -0.420. The maximum absolute atomic E-state index is 13.5. The van der Waals surface area contributed by atoms with Crippen LogP contribution in [0.1, 0.15) is 11.1 Å². The standard InChI is InChI=1S/C26H22N2O6/c1-31-19-10-8-16(12-21(19)32-2)14-28-25(29)23(17-6-4-3-5-7-17)24(26(28)30)27-18-9-11-20-22(13-18)34-15-33-20/h3-13,27H,14-15H2,1-2H3. The lowest BCUT2D eigenvalue weighted by atomic mass is 10.0. The summed E-state index contributed by atoms with van der Waals surface area (Å²) in [6.45, 7) is 0.230. The van der Waals surface area contributed by atoms with Crippen LogP contribution >= 0.6 is 0 Å². The summed E-state index contributed by atoms with van der Waals surface area (Å²) in [7, 11) is 3.09. The smallest absolute Gasteiger partial charge is 0.278 e. The van der Waals surface area contributed by atoms with Crippen LogP contribution in [0, 0.1) is 0 Å². The van der Waals surface area contributed by atoms with Gasteiger partial charge >= 0.3 is 0 Å². The molecular weight excluding hydrogens is 436 g/mol. The van der Waals surface area contributed by atoms with Crippen LogP contribution in [0.2, 0.25) is 0 Å². The minimum Gasteiger partial charge on any atom is -0.493 e. The normalized spacial score (nSPS) is 14.6. The van der Waals surface area contributed by atoms with Crippen molar-refractivity contribution in [1.29, 1.82) is 0 Å². The molecule has 0 aromatic heterocycles. The Morgan fingerprint density at radius 3 is 2.38 bits per heavy atom. The highest BCUT2D eigenvalue weighted by atomic mass is 16.7. The molecule has 3 aromatic rings. The highest BCUT2D eigenvalue weighted by Gasteiger charge is 2.39. The molecule has 0 bridgehead atoms. The van der Waals surface area contributed by atoms with Crippen molar-refractivity contribution in [2.75, 3.05) is 26.3 Å². The predicted molar refractivity (Wildman–Crippen MR) is 125 cm³/mol. The van der Waals surface area contributed by atoms with E-state index < -0.39 is 5.91 Å². The Hall–Kier alpha value is -4.46. The van der Waals surface area contributed by atoms with E-state index >= 15 is 0 Å². The van der Waals surface area contributed by atoms with Gasteiger partial charge in [0, 0.05) is 11.8 Å². The number of nitrogens with zero attached hydrogens (tertiary/aromatic N) is 1. The van der Waals surface area contributed by atoms with E-state index in [1.165, 1.54) is 12.0 Å². The molecular formula is C26H22N2O6. The van der Waals surface area contributed by atoms with Crippen molar-refractivity contribution in [3.8, 4) is 23.0 Å². The highest BCUT2D eigenvalue weighted by Crippen LogP contribution is 2.37. The number of imide groups is 1. The average molecular weight is 458 g/mol. The Balaban J connectivity index is 1.49. The predicted octanol–water partition coefficient (Wildman–Crippen LogP) is 3.82. The first-order valence-corrected chi connectivity index (χ1v) is 10.6. The molecule has 1 N–H and O–H groups in total. The maximum Gasteiger partial charge on any atom is 0.278 e. The first kappa shape index (κ1) is 21.4. The largest absolute Gasteiger partial charge is 0.493 e. The van der Waals surface area contributed by atoms with Crippen molar-refractivity contribution in [2.24, 2.45) is 0 Å². The SMILES string of the molecule is COc1ccc(CN2C(=O)C(Nc3ccc4c(c3)OCO4)=C(c3ccccc3)C2=O)cc1OC. The molecule has 0 saturated heterocycles. The van der Waals surface area contributed by atoms with E-state index in [-0.39, 0.29) is 24.9 Å². The van der Waals surface area contributed by atoms with E-state index in [0.29, 0.717) is 39.8 Å². The van der Waals surface area contributed by atoms with E-state index in [4.69, 9.17) is 18.9 Å². The summed E-state index contributed by atoms with van der Waals surface area (Å²) in [6, 6.07) is 19.7. The third kappa shape index (κ3) is 3.79. The van der Waals surface area contributed by atoms with Gasteiger partial charge in [0.1, 0.15) is 5.70 Å². The van der Waals surface area contributed by atoms with Crippen LogP contribution in [0.4, 0.5) is 5.69 Å². The first-order chi connectivity index (χ1) is 16.6. The monoisotopic (exact) mass is 458 g/mol. The molecule has 8 heteroatoms. The molecule has 8 nitrogen and oxygen atoms in total. The van der Waals surface area contributed by atoms with Crippen LogP contribution in [-0.4, -0.2) is 37.7 Å². The van der Waals surface area contributed by atoms with Gasteiger partial charge in [0.05, 0.1) is 26.3 Å². The average Bonchev–Trinajstić information content (AvgIpc) is 3.42. The third-order valence-corrected chi connectivity index (χ3v) is 5.66. The molecule has 3 aromatic carbocycles. The zero-order valence-electron chi connectivity index (χ0n) is 18.7. The van der Waals surface area contributed by atoms with Crippen molar-refractivity contribution in [3.63, 3.8) is 0 Å². The summed E-state index contributed by atoms with van der Waals surface area (Å²) in [5, 5.41) is 3.14. The number of carbonyl (C=O) groups is 2. The number of hydrogen-bond acceptors (Lipinski definition) is 7. The van der Waals surface area contributed by atoms with Crippen LogP contribution in [0.5, 0.6) is 23.0 Å². The van der Waals surface area contributed by atoms with Crippen molar-refractivity contribution >= 4 is 23.1 Å². The molecule has 34 heavy (non-hydrogen) atoms. The van der Waals surface area contributed by atoms with Gasteiger partial charge < -0.3 is 24.3 Å². The fraction of sp³-hybridized carbons (Fsp3) is 0.154. The summed E-state index contributed by atoms with van der Waals surface area (Å²) in [5.41, 5.74) is 2.51. The topological polar surface area (TPSA) is 86.3 Å². The van der Waals surface area contributed by atoms with Crippen molar-refractivity contribution < 1.29 is 28.5 Å². The van der Waals surface area contributed by atoms with Crippen LogP contribution in [0.3, 0.4) is 0 Å². The molecule has 5 rings (SSSR count). The number of rotatable bonds is 7. The first-order valence-electron chi connectivity index (χ1n) is 10.6. The molecule has 172 valence electrons. The molecule has 0 fully saturated rings. The highest BCUT2D eigenvalue weighted by molar-refractivity contribution is 6.36. The lowest BCUT2D eigenvalue weighted by Crippen LogP contribution is -2.32. The van der Waals surface area contributed by atoms with Gasteiger partial charge in [0.25, 0.3) is 11.8 Å². The number of fused-ring (bicyclic) bond motifs is 1. The maximum atomic E-state index is 13.5. The molecule has 0 spiro atoms. The summed E-state index contributed by atoms with van der Waals surface area (Å²) in [4.78, 5) is 28.2. The number of benzene rings is 3. The molecule has 2 heterocycles. The second kappa shape index (κ2) is 8.82. The Morgan fingerprint density at radius 2 is 1.62 bits per heavy atom. The zero-order chi connectivity index (χ0) is 23.7. The van der Waals surface area contributed by atoms with Gasteiger partial charge in [-0.2, -0.15) is 0 Å². The molecule has 2 aliphatic heterocycles. The van der Waals surface area contributed by atoms with Crippen LogP contribution in [0.25, 0.3) is 5.57 Å². The summed E-state index contributed by atoms with van der Waals surface area (Å²) in [6.07, 6.45) is 0. The number of anilines is 1. The molecule has 2 aliphatic rings. The lowest BCUT2D eigenvalue weighted by molar-refractivity contribution is -0.137. The molecule has 0 atom stereocenters. The van der Waals surface area contributed by atoms with Crippen LogP contribution < -0.4 is 24.3 Å². The number of nitrogens with one attached hydrogen (secondary N) is 1. The molecule has 0 saturated carbocycles. The molecule has 2 amide bonds. The molecule has 0 unspecified atom stereocenters. The van der Waals surface area contributed by atoms with Crippen LogP contribution in [-0.2, 0) is 16.1 Å². The van der Waals surface area contributed by atoms with Gasteiger partial charge in [-0.15, -0.1) is 0 Å². The molecule has 0 aliphatic carbocycles.